The van der Waals surface area contributed by atoms with Gasteiger partial charge < -0.3 is 4.74 Å². The number of esters is 1. The molecule has 1 aliphatic rings. The predicted molar refractivity (Wildman–Crippen MR) is 56.9 cm³/mol. The van der Waals surface area contributed by atoms with E-state index >= 15 is 0 Å². The molecule has 78 valence electrons. The highest BCUT2D eigenvalue weighted by Gasteiger charge is 2.18. The number of hydrogen-bond acceptors (Lipinski definition) is 5. The van der Waals surface area contributed by atoms with Crippen LogP contribution in [0.5, 0.6) is 0 Å². The molecule has 0 radical (unpaired) electrons. The van der Waals surface area contributed by atoms with E-state index in [1.165, 1.54) is 13.3 Å². The van der Waals surface area contributed by atoms with Gasteiger partial charge in [0.05, 0.1) is 19.0 Å². The van der Waals surface area contributed by atoms with E-state index in [2.05, 4.69) is 21.3 Å². The van der Waals surface area contributed by atoms with Crippen LogP contribution < -0.4 is 0 Å². The molecule has 15 heavy (non-hydrogen) atoms. The first-order valence-corrected chi connectivity index (χ1v) is 5.43. The molecule has 2 rings (SSSR count). The third-order valence-electron chi connectivity index (χ3n) is 2.03. The Bertz CT molecular complexity index is 431. The highest BCUT2D eigenvalue weighted by molar-refractivity contribution is 7.99. The maximum atomic E-state index is 11.2. The van der Waals surface area contributed by atoms with E-state index in [0.717, 1.165) is 22.0 Å². The number of carbonyl (C=O) groups is 1. The molecule has 1 aromatic heterocycles. The number of aromatic nitrogens is 2. The summed E-state index contributed by atoms with van der Waals surface area (Å²) in [6.07, 6.45) is 2.14. The molecule has 0 aromatic carbocycles. The highest BCUT2D eigenvalue weighted by Crippen LogP contribution is 2.28. The Kier molecular flexibility index (Phi) is 2.73. The molecule has 0 unspecified atom stereocenters. The topological polar surface area (TPSA) is 52.1 Å². The van der Waals surface area contributed by atoms with Crippen molar-refractivity contribution >= 4 is 17.7 Å². The van der Waals surface area contributed by atoms with E-state index in [0.29, 0.717) is 6.42 Å². The molecule has 5 heteroatoms. The van der Waals surface area contributed by atoms with Crippen LogP contribution in [0.3, 0.4) is 0 Å². The third-order valence-corrected chi connectivity index (χ3v) is 3.20. The van der Waals surface area contributed by atoms with Gasteiger partial charge in [-0.2, -0.15) is 0 Å². The zero-order valence-electron chi connectivity index (χ0n) is 8.32. The Morgan fingerprint density at radius 2 is 2.47 bits per heavy atom. The van der Waals surface area contributed by atoms with E-state index in [1.807, 2.05) is 0 Å². The van der Waals surface area contributed by atoms with E-state index in [1.54, 1.807) is 11.8 Å². The average Bonchev–Trinajstić information content (AvgIpc) is 2.27. The predicted octanol–water partition coefficient (Wildman–Crippen LogP) is 1.47. The quantitative estimate of drug-likeness (QED) is 0.532. The number of ether oxygens (including phenoxy) is 1. The molecule has 0 N–H and O–H groups in total. The molecule has 2 heterocycles. The van der Waals surface area contributed by atoms with Crippen molar-refractivity contribution in [2.24, 2.45) is 0 Å². The summed E-state index contributed by atoms with van der Waals surface area (Å²) < 4.78 is 4.58. The van der Waals surface area contributed by atoms with Crippen LogP contribution in [0, 0.1) is 0 Å². The minimum absolute atomic E-state index is 0.256. The SMILES string of the molecule is C=C1CSc2ncc(C(=O)OC)nc2C1. The van der Waals surface area contributed by atoms with Crippen LogP contribution in [0.4, 0.5) is 0 Å². The fourth-order valence-electron chi connectivity index (χ4n) is 1.31. The first kappa shape index (κ1) is 10.2. The lowest BCUT2D eigenvalue weighted by Crippen LogP contribution is -2.12. The number of nitrogens with zero attached hydrogens (tertiary/aromatic N) is 2. The molecule has 0 bridgehead atoms. The van der Waals surface area contributed by atoms with Gasteiger partial charge in [0.2, 0.25) is 0 Å². The van der Waals surface area contributed by atoms with Crippen LogP contribution >= 0.6 is 11.8 Å². The Hall–Kier alpha value is -1.36. The number of thioether (sulfide) groups is 1. The van der Waals surface area contributed by atoms with Gasteiger partial charge in [0, 0.05) is 12.2 Å². The summed E-state index contributed by atoms with van der Waals surface area (Å²) in [5, 5.41) is 0.884. The molecule has 1 aromatic rings. The third kappa shape index (κ3) is 2.02. The van der Waals surface area contributed by atoms with Gasteiger partial charge >= 0.3 is 5.97 Å². The van der Waals surface area contributed by atoms with Crippen molar-refractivity contribution in [1.29, 1.82) is 0 Å². The van der Waals surface area contributed by atoms with Gasteiger partial charge in [0.1, 0.15) is 5.03 Å². The standard InChI is InChI=1S/C10H10N2O2S/c1-6-3-7-9(15-5-6)11-4-8(12-7)10(13)14-2/h4H,1,3,5H2,2H3. The molecule has 0 atom stereocenters. The number of methoxy groups -OCH3 is 1. The van der Waals surface area contributed by atoms with Crippen LogP contribution in [-0.4, -0.2) is 28.8 Å². The van der Waals surface area contributed by atoms with Crippen molar-refractivity contribution in [3.05, 3.63) is 29.7 Å². The van der Waals surface area contributed by atoms with Gasteiger partial charge in [-0.3, -0.25) is 0 Å². The summed E-state index contributed by atoms with van der Waals surface area (Å²) in [4.78, 5) is 19.6. The molecular weight excluding hydrogens is 212 g/mol. The summed E-state index contributed by atoms with van der Waals surface area (Å²) in [6.45, 7) is 3.90. The van der Waals surface area contributed by atoms with E-state index < -0.39 is 5.97 Å². The van der Waals surface area contributed by atoms with Crippen molar-refractivity contribution in [2.45, 2.75) is 11.4 Å². The van der Waals surface area contributed by atoms with Gasteiger partial charge in [0.15, 0.2) is 5.69 Å². The molecule has 0 aliphatic carbocycles. The maximum absolute atomic E-state index is 11.2. The summed E-state index contributed by atoms with van der Waals surface area (Å²) in [5.41, 5.74) is 2.18. The minimum atomic E-state index is -0.452. The second kappa shape index (κ2) is 4.02. The molecule has 0 saturated carbocycles. The molecular formula is C10H10N2O2S. The monoisotopic (exact) mass is 222 g/mol. The fourth-order valence-corrected chi connectivity index (χ4v) is 2.17. The molecule has 1 aliphatic heterocycles. The smallest absolute Gasteiger partial charge is 0.358 e. The summed E-state index contributed by atoms with van der Waals surface area (Å²) in [5.74, 6) is 0.422. The second-order valence-electron chi connectivity index (χ2n) is 3.21. The molecule has 0 fully saturated rings. The Morgan fingerprint density at radius 3 is 3.20 bits per heavy atom. The summed E-state index contributed by atoms with van der Waals surface area (Å²) in [7, 11) is 1.33. The Balaban J connectivity index is 2.36. The van der Waals surface area contributed by atoms with Crippen molar-refractivity contribution in [2.75, 3.05) is 12.9 Å². The zero-order chi connectivity index (χ0) is 10.8. The Morgan fingerprint density at radius 1 is 1.67 bits per heavy atom. The average molecular weight is 222 g/mol. The number of fused-ring (bicyclic) bond motifs is 1. The van der Waals surface area contributed by atoms with Gasteiger partial charge in [-0.1, -0.05) is 12.2 Å². The number of rotatable bonds is 1. The largest absolute Gasteiger partial charge is 0.464 e. The maximum Gasteiger partial charge on any atom is 0.358 e. The van der Waals surface area contributed by atoms with Gasteiger partial charge in [-0.25, -0.2) is 14.8 Å². The minimum Gasteiger partial charge on any atom is -0.464 e. The van der Waals surface area contributed by atoms with Crippen molar-refractivity contribution in [1.82, 2.24) is 9.97 Å². The van der Waals surface area contributed by atoms with E-state index in [9.17, 15) is 4.79 Å². The van der Waals surface area contributed by atoms with Gasteiger partial charge in [-0.05, 0) is 0 Å². The molecule has 0 saturated heterocycles. The molecule has 0 amide bonds. The van der Waals surface area contributed by atoms with Gasteiger partial charge in [-0.15, -0.1) is 11.8 Å². The Labute approximate surface area is 91.8 Å². The summed E-state index contributed by atoms with van der Waals surface area (Å²) >= 11 is 1.60. The van der Waals surface area contributed by atoms with Crippen molar-refractivity contribution < 1.29 is 9.53 Å². The van der Waals surface area contributed by atoms with Crippen molar-refractivity contribution in [3.8, 4) is 0 Å². The first-order valence-electron chi connectivity index (χ1n) is 4.44. The van der Waals surface area contributed by atoms with Crippen LogP contribution in [0.25, 0.3) is 0 Å². The van der Waals surface area contributed by atoms with Crippen LogP contribution in [0.15, 0.2) is 23.4 Å². The lowest BCUT2D eigenvalue weighted by Gasteiger charge is -2.15. The van der Waals surface area contributed by atoms with Crippen LogP contribution in [0.1, 0.15) is 16.2 Å². The molecule has 4 nitrogen and oxygen atoms in total. The zero-order valence-corrected chi connectivity index (χ0v) is 9.13. The van der Waals surface area contributed by atoms with E-state index in [4.69, 9.17) is 0 Å². The lowest BCUT2D eigenvalue weighted by atomic mass is 10.2. The normalized spacial score (nSPS) is 14.6. The summed E-state index contributed by atoms with van der Waals surface area (Å²) in [6, 6.07) is 0. The second-order valence-corrected chi connectivity index (χ2v) is 4.18. The number of hydrogen-bond donors (Lipinski definition) is 0. The lowest BCUT2D eigenvalue weighted by molar-refractivity contribution is 0.0593. The molecule has 0 spiro atoms. The van der Waals surface area contributed by atoms with E-state index in [-0.39, 0.29) is 5.69 Å². The van der Waals surface area contributed by atoms with Crippen LogP contribution in [-0.2, 0) is 11.2 Å². The van der Waals surface area contributed by atoms with Gasteiger partial charge in [0.25, 0.3) is 0 Å². The number of carbonyl (C=O) groups excluding carboxylic acids is 1. The van der Waals surface area contributed by atoms with Crippen molar-refractivity contribution in [3.63, 3.8) is 0 Å². The van der Waals surface area contributed by atoms with Crippen LogP contribution in [0.2, 0.25) is 0 Å². The first-order chi connectivity index (χ1) is 7.20. The fraction of sp³-hybridized carbons (Fsp3) is 0.300. The highest BCUT2D eigenvalue weighted by atomic mass is 32.2.